The maximum atomic E-state index is 11.0. The predicted octanol–water partition coefficient (Wildman–Crippen LogP) is 2.26. The van der Waals surface area contributed by atoms with Crippen molar-refractivity contribution in [1.82, 2.24) is 5.32 Å². The minimum atomic E-state index is 0.0421. The lowest BCUT2D eigenvalue weighted by Gasteiger charge is -2.08. The summed E-state index contributed by atoms with van der Waals surface area (Å²) in [5.74, 6) is 0.909. The van der Waals surface area contributed by atoms with Crippen LogP contribution in [0.1, 0.15) is 39.0 Å². The van der Waals surface area contributed by atoms with Crippen molar-refractivity contribution >= 4 is 5.91 Å². The maximum Gasteiger partial charge on any atom is 0.243 e. The highest BCUT2D eigenvalue weighted by Crippen LogP contribution is 2.26. The summed E-state index contributed by atoms with van der Waals surface area (Å²) in [4.78, 5) is 11.0. The van der Waals surface area contributed by atoms with E-state index in [1.807, 2.05) is 6.92 Å². The summed E-state index contributed by atoms with van der Waals surface area (Å²) < 4.78 is 0. The molecule has 0 saturated heterocycles. The standard InChI is InChI=1S/C11H19NO/c1-2-5-11(13)12-9-8-10-6-3-4-7-10/h2,5,10H,3-4,6-9H2,1H3,(H,12,13). The lowest BCUT2D eigenvalue weighted by atomic mass is 10.0. The van der Waals surface area contributed by atoms with E-state index < -0.39 is 0 Å². The highest BCUT2D eigenvalue weighted by molar-refractivity contribution is 5.87. The second-order valence-electron chi connectivity index (χ2n) is 3.73. The van der Waals surface area contributed by atoms with Crippen molar-refractivity contribution in [3.8, 4) is 0 Å². The van der Waals surface area contributed by atoms with E-state index in [1.54, 1.807) is 12.2 Å². The molecule has 1 fully saturated rings. The van der Waals surface area contributed by atoms with Gasteiger partial charge in [-0.1, -0.05) is 31.8 Å². The average molecular weight is 181 g/mol. The molecule has 0 unspecified atom stereocenters. The van der Waals surface area contributed by atoms with Crippen LogP contribution in [0.15, 0.2) is 12.2 Å². The van der Waals surface area contributed by atoms with Crippen LogP contribution in [0.4, 0.5) is 0 Å². The van der Waals surface area contributed by atoms with Crippen LogP contribution < -0.4 is 5.32 Å². The molecule has 0 bridgehead atoms. The molecule has 1 aliphatic carbocycles. The largest absolute Gasteiger partial charge is 0.353 e. The van der Waals surface area contributed by atoms with Gasteiger partial charge in [-0.15, -0.1) is 0 Å². The fourth-order valence-corrected chi connectivity index (χ4v) is 1.91. The van der Waals surface area contributed by atoms with Gasteiger partial charge in [-0.2, -0.15) is 0 Å². The van der Waals surface area contributed by atoms with Gasteiger partial charge in [-0.05, 0) is 25.3 Å². The zero-order chi connectivity index (χ0) is 9.52. The first-order valence-corrected chi connectivity index (χ1v) is 5.23. The number of allylic oxidation sites excluding steroid dienone is 1. The molecule has 0 heterocycles. The predicted molar refractivity (Wildman–Crippen MR) is 54.4 cm³/mol. The van der Waals surface area contributed by atoms with Crippen molar-refractivity contribution in [3.63, 3.8) is 0 Å². The minimum Gasteiger partial charge on any atom is -0.353 e. The van der Waals surface area contributed by atoms with E-state index in [9.17, 15) is 4.79 Å². The average Bonchev–Trinajstić information content (AvgIpc) is 2.57. The van der Waals surface area contributed by atoms with Crippen LogP contribution in [-0.2, 0) is 4.79 Å². The molecule has 2 heteroatoms. The monoisotopic (exact) mass is 181 g/mol. The lowest BCUT2D eigenvalue weighted by Crippen LogP contribution is -2.23. The second kappa shape index (κ2) is 5.79. The minimum absolute atomic E-state index is 0.0421. The van der Waals surface area contributed by atoms with Gasteiger partial charge in [-0.3, -0.25) is 4.79 Å². The molecular formula is C11H19NO. The number of rotatable bonds is 4. The van der Waals surface area contributed by atoms with Crippen molar-refractivity contribution in [2.45, 2.75) is 39.0 Å². The SMILES string of the molecule is CC=CC(=O)NCCC1CCCC1. The highest BCUT2D eigenvalue weighted by atomic mass is 16.1. The molecule has 1 saturated carbocycles. The van der Waals surface area contributed by atoms with Gasteiger partial charge in [0.25, 0.3) is 0 Å². The molecule has 1 rings (SSSR count). The fraction of sp³-hybridized carbons (Fsp3) is 0.727. The smallest absolute Gasteiger partial charge is 0.243 e. The van der Waals surface area contributed by atoms with Gasteiger partial charge in [0.05, 0.1) is 0 Å². The molecule has 0 aliphatic heterocycles. The Hall–Kier alpha value is -0.790. The Morgan fingerprint density at radius 3 is 2.77 bits per heavy atom. The summed E-state index contributed by atoms with van der Waals surface area (Å²) in [6.07, 6.45) is 9.99. The lowest BCUT2D eigenvalue weighted by molar-refractivity contribution is -0.116. The number of carbonyl (C=O) groups is 1. The van der Waals surface area contributed by atoms with E-state index in [0.717, 1.165) is 18.9 Å². The number of carbonyl (C=O) groups excluding carboxylic acids is 1. The number of nitrogens with one attached hydrogen (secondary N) is 1. The Labute approximate surface area is 80.4 Å². The fourth-order valence-electron chi connectivity index (χ4n) is 1.91. The van der Waals surface area contributed by atoms with E-state index in [0.29, 0.717) is 0 Å². The van der Waals surface area contributed by atoms with Gasteiger partial charge in [-0.25, -0.2) is 0 Å². The molecule has 0 spiro atoms. The zero-order valence-electron chi connectivity index (χ0n) is 8.38. The van der Waals surface area contributed by atoms with E-state index in [1.165, 1.54) is 25.7 Å². The van der Waals surface area contributed by atoms with Gasteiger partial charge >= 0.3 is 0 Å². The number of hydrogen-bond donors (Lipinski definition) is 1. The van der Waals surface area contributed by atoms with Gasteiger partial charge in [0.2, 0.25) is 5.91 Å². The molecule has 0 aromatic carbocycles. The van der Waals surface area contributed by atoms with E-state index >= 15 is 0 Å². The summed E-state index contributed by atoms with van der Waals surface area (Å²) >= 11 is 0. The van der Waals surface area contributed by atoms with Gasteiger partial charge in [0.15, 0.2) is 0 Å². The first-order chi connectivity index (χ1) is 6.33. The van der Waals surface area contributed by atoms with Crippen LogP contribution in [0.5, 0.6) is 0 Å². The van der Waals surface area contributed by atoms with Crippen molar-refractivity contribution in [2.24, 2.45) is 5.92 Å². The van der Waals surface area contributed by atoms with Crippen LogP contribution in [0.2, 0.25) is 0 Å². The van der Waals surface area contributed by atoms with E-state index in [4.69, 9.17) is 0 Å². The summed E-state index contributed by atoms with van der Waals surface area (Å²) in [5.41, 5.74) is 0. The highest BCUT2D eigenvalue weighted by Gasteiger charge is 2.14. The first-order valence-electron chi connectivity index (χ1n) is 5.23. The third-order valence-corrected chi connectivity index (χ3v) is 2.64. The molecule has 0 aromatic rings. The summed E-state index contributed by atoms with van der Waals surface area (Å²) in [5, 5.41) is 2.88. The third kappa shape index (κ3) is 4.11. The van der Waals surface area contributed by atoms with Crippen LogP contribution in [0.25, 0.3) is 0 Å². The molecule has 13 heavy (non-hydrogen) atoms. The summed E-state index contributed by atoms with van der Waals surface area (Å²) in [7, 11) is 0. The molecule has 1 N–H and O–H groups in total. The molecule has 0 aromatic heterocycles. The molecule has 0 atom stereocenters. The van der Waals surface area contributed by atoms with E-state index in [-0.39, 0.29) is 5.91 Å². The van der Waals surface area contributed by atoms with Crippen LogP contribution in [0.3, 0.4) is 0 Å². The third-order valence-electron chi connectivity index (χ3n) is 2.64. The van der Waals surface area contributed by atoms with Crippen molar-refractivity contribution in [1.29, 1.82) is 0 Å². The topological polar surface area (TPSA) is 29.1 Å². The number of hydrogen-bond acceptors (Lipinski definition) is 1. The van der Waals surface area contributed by atoms with Crippen LogP contribution >= 0.6 is 0 Å². The molecule has 74 valence electrons. The van der Waals surface area contributed by atoms with E-state index in [2.05, 4.69) is 5.32 Å². The van der Waals surface area contributed by atoms with Crippen molar-refractivity contribution in [2.75, 3.05) is 6.54 Å². The van der Waals surface area contributed by atoms with Crippen LogP contribution in [0, 0.1) is 5.92 Å². The van der Waals surface area contributed by atoms with Gasteiger partial charge in [0.1, 0.15) is 0 Å². The Bertz CT molecular complexity index is 181. The quantitative estimate of drug-likeness (QED) is 0.662. The Kier molecular flexibility index (Phi) is 4.58. The Balaban J connectivity index is 2.02. The zero-order valence-corrected chi connectivity index (χ0v) is 8.38. The molecule has 2 nitrogen and oxygen atoms in total. The molecule has 1 amide bonds. The van der Waals surface area contributed by atoms with Crippen molar-refractivity contribution in [3.05, 3.63) is 12.2 Å². The molecular weight excluding hydrogens is 162 g/mol. The van der Waals surface area contributed by atoms with Gasteiger partial charge in [0, 0.05) is 6.54 Å². The number of amides is 1. The second-order valence-corrected chi connectivity index (χ2v) is 3.73. The van der Waals surface area contributed by atoms with Crippen molar-refractivity contribution < 1.29 is 4.79 Å². The normalized spacial score (nSPS) is 18.2. The van der Waals surface area contributed by atoms with Gasteiger partial charge < -0.3 is 5.32 Å². The molecule has 1 aliphatic rings. The Morgan fingerprint density at radius 1 is 1.46 bits per heavy atom. The molecule has 0 radical (unpaired) electrons. The summed E-state index contributed by atoms with van der Waals surface area (Å²) in [6, 6.07) is 0. The maximum absolute atomic E-state index is 11.0. The Morgan fingerprint density at radius 2 is 2.15 bits per heavy atom. The van der Waals surface area contributed by atoms with Crippen LogP contribution in [-0.4, -0.2) is 12.5 Å². The first kappa shape index (κ1) is 10.3. The summed E-state index contributed by atoms with van der Waals surface area (Å²) in [6.45, 7) is 2.70.